The highest BCUT2D eigenvalue weighted by Gasteiger charge is 2.35. The lowest BCUT2D eigenvalue weighted by molar-refractivity contribution is -0.138. The second-order valence-corrected chi connectivity index (χ2v) is 39.9. The van der Waals surface area contributed by atoms with Crippen LogP contribution in [-0.4, -0.2) is 103 Å². The number of aliphatic carboxylic acids is 3. The molecule has 692 valence electrons. The van der Waals surface area contributed by atoms with E-state index in [4.69, 9.17) is 25.3 Å². The van der Waals surface area contributed by atoms with Crippen molar-refractivity contribution in [2.45, 2.75) is 204 Å². The third-order valence-corrected chi connectivity index (χ3v) is 27.6. The number of halogens is 4. The highest BCUT2D eigenvalue weighted by atomic mass is 79.9. The van der Waals surface area contributed by atoms with Crippen molar-refractivity contribution in [2.24, 2.45) is 0 Å². The van der Waals surface area contributed by atoms with Crippen molar-refractivity contribution in [2.75, 3.05) is 35.6 Å². The first kappa shape index (κ1) is 98.1. The van der Waals surface area contributed by atoms with Crippen LogP contribution in [0, 0.1) is 0 Å². The fourth-order valence-electron chi connectivity index (χ4n) is 16.5. The smallest absolute Gasteiger partial charge is 0.417 e. The van der Waals surface area contributed by atoms with Crippen molar-refractivity contribution in [3.05, 3.63) is 294 Å². The molecule has 28 heteroatoms. The van der Waals surface area contributed by atoms with E-state index in [0.717, 1.165) is 109 Å². The van der Waals surface area contributed by atoms with Crippen LogP contribution in [-0.2, 0) is 65.0 Å². The van der Waals surface area contributed by atoms with Gasteiger partial charge in [-0.05, 0) is 245 Å². The quantitative estimate of drug-likeness (QED) is 0.0202. The molecule has 0 bridgehead atoms. The molecule has 0 aliphatic heterocycles. The van der Waals surface area contributed by atoms with Gasteiger partial charge in [0, 0.05) is 40.8 Å². The normalized spacial score (nSPS) is 14.3. The number of rotatable bonds is 30. The van der Waals surface area contributed by atoms with Gasteiger partial charge >= 0.3 is 24.1 Å². The maximum Gasteiger partial charge on any atom is 0.417 e. The molecule has 12 aromatic rings. The monoisotopic (exact) mass is 1920 g/mol. The number of carboxylic acid groups (broad SMARTS) is 3. The molecule has 0 saturated heterocycles. The fourth-order valence-corrected chi connectivity index (χ4v) is 19.8. The van der Waals surface area contributed by atoms with Gasteiger partial charge in [0.05, 0.1) is 73.2 Å². The summed E-state index contributed by atoms with van der Waals surface area (Å²) in [6.45, 7) is 13.2. The topological polar surface area (TPSA) is 325 Å². The SMILES string of the molecule is CC(C)(C)c1ccc2sc(NC(=O)C(Cc3ccc(C(=O)NCCC(=O)O)cc3)c3ccc(C4=CCCCC4)cc3)nc2c1.CC(C)(C)c1ccc2sc(NC(=O)C(Cc3ccc(C(=O)NCCC(=O)O)cc3)c3ccc(C4CCCCC4)cc3)nc2c1.O=C(O)CCNC(=O)c1ccc(CC(C(=O)Nc2nc3cc(C(F)(F)F)c(Br)cc3s2)c2ccc(C3=CCCCC3)cc2)cc1. The number of allylic oxidation sites excluding steroid dienone is 4. The fraction of sp³-hybridized carbons (Fsp3) is 0.333. The molecule has 0 radical (unpaired) electrons. The molecular weight excluding hydrogens is 1810 g/mol. The lowest BCUT2D eigenvalue weighted by Crippen LogP contribution is -2.26. The first-order chi connectivity index (χ1) is 63.6. The van der Waals surface area contributed by atoms with Crippen molar-refractivity contribution in [1.82, 2.24) is 30.9 Å². The van der Waals surface area contributed by atoms with Crippen molar-refractivity contribution >= 4 is 160 Å². The van der Waals surface area contributed by atoms with E-state index in [2.05, 4.69) is 179 Å². The van der Waals surface area contributed by atoms with Gasteiger partial charge in [-0.3, -0.25) is 43.2 Å². The Morgan fingerprint density at radius 1 is 0.406 bits per heavy atom. The minimum Gasteiger partial charge on any atom is -0.481 e. The van der Waals surface area contributed by atoms with Crippen LogP contribution in [0.1, 0.15) is 266 Å². The van der Waals surface area contributed by atoms with Crippen molar-refractivity contribution in [1.29, 1.82) is 0 Å². The van der Waals surface area contributed by atoms with Crippen LogP contribution in [0.2, 0.25) is 0 Å². The average molecular weight is 1920 g/mol. The Balaban J connectivity index is 0.000000169. The Hall–Kier alpha value is -12.4. The third kappa shape index (κ3) is 27.4. The summed E-state index contributed by atoms with van der Waals surface area (Å²) < 4.78 is 42.7. The lowest BCUT2D eigenvalue weighted by Gasteiger charge is -2.23. The largest absolute Gasteiger partial charge is 0.481 e. The molecule has 3 heterocycles. The zero-order valence-corrected chi connectivity index (χ0v) is 79.1. The van der Waals surface area contributed by atoms with Crippen LogP contribution < -0.4 is 31.9 Å². The Labute approximate surface area is 791 Å². The van der Waals surface area contributed by atoms with Gasteiger partial charge in [0.2, 0.25) is 17.7 Å². The van der Waals surface area contributed by atoms with Crippen molar-refractivity contribution in [3.63, 3.8) is 0 Å². The Morgan fingerprint density at radius 3 is 1.07 bits per heavy atom. The van der Waals surface area contributed by atoms with Crippen LogP contribution in [0.5, 0.6) is 0 Å². The van der Waals surface area contributed by atoms with E-state index in [-0.39, 0.29) is 101 Å². The number of carbonyl (C=O) groups is 9. The minimum atomic E-state index is -4.56. The van der Waals surface area contributed by atoms with Gasteiger partial charge in [0.25, 0.3) is 17.7 Å². The number of nitrogens with one attached hydrogen (secondary N) is 6. The minimum absolute atomic E-state index is 0.000836. The van der Waals surface area contributed by atoms with Crippen molar-refractivity contribution in [3.8, 4) is 0 Å². The first-order valence-corrected chi connectivity index (χ1v) is 48.2. The number of amides is 6. The Morgan fingerprint density at radius 2 is 0.744 bits per heavy atom. The zero-order valence-electron chi connectivity index (χ0n) is 75.1. The number of hydrogen-bond acceptors (Lipinski definition) is 15. The lowest BCUT2D eigenvalue weighted by atomic mass is 9.83. The van der Waals surface area contributed by atoms with E-state index in [9.17, 15) is 56.3 Å². The van der Waals surface area contributed by atoms with Crippen LogP contribution in [0.4, 0.5) is 28.6 Å². The number of anilines is 3. The van der Waals surface area contributed by atoms with Crippen LogP contribution in [0.15, 0.2) is 211 Å². The number of benzene rings is 9. The summed E-state index contributed by atoms with van der Waals surface area (Å²) in [5, 5.41) is 44.6. The molecule has 3 atom stereocenters. The maximum absolute atomic E-state index is 13.9. The molecule has 3 aliphatic rings. The zero-order chi connectivity index (χ0) is 94.7. The van der Waals surface area contributed by atoms with E-state index in [0.29, 0.717) is 50.4 Å². The highest BCUT2D eigenvalue weighted by Crippen LogP contribution is 2.42. The summed E-state index contributed by atoms with van der Waals surface area (Å²) in [5.41, 5.74) is 16.2. The van der Waals surface area contributed by atoms with E-state index in [1.165, 1.54) is 114 Å². The summed E-state index contributed by atoms with van der Waals surface area (Å²) in [5.74, 6) is -5.64. The molecule has 9 aromatic carbocycles. The van der Waals surface area contributed by atoms with Crippen LogP contribution >= 0.6 is 49.9 Å². The highest BCUT2D eigenvalue weighted by molar-refractivity contribution is 9.10. The molecule has 3 aliphatic carbocycles. The number of alkyl halides is 3. The number of fused-ring (bicyclic) bond motifs is 3. The molecule has 15 rings (SSSR count). The average Bonchev–Trinajstić information content (AvgIpc) is 1.64. The molecule has 1 fully saturated rings. The summed E-state index contributed by atoms with van der Waals surface area (Å²) in [6.07, 6.45) is 16.0. The molecular formula is C105H109BrF3N9O12S3. The van der Waals surface area contributed by atoms with Gasteiger partial charge in [-0.15, -0.1) is 0 Å². The summed E-state index contributed by atoms with van der Waals surface area (Å²) in [4.78, 5) is 125. The van der Waals surface area contributed by atoms with Crippen LogP contribution in [0.25, 0.3) is 41.8 Å². The van der Waals surface area contributed by atoms with Crippen molar-refractivity contribution < 1.29 is 71.6 Å². The maximum atomic E-state index is 13.9. The standard InChI is InChI=1S/C36H41N3O4S.C36H39N3O4S.C33H29BrF3N3O4S/c2*1-36(2,3)28-17-18-31-30(22-28)38-35(44-31)39-34(43)29(26-15-13-25(14-16-26)24-7-5-4-6-8-24)21-23-9-11-27(12-10-23)33(42)37-20-19-32(40)41;34-26-18-28-27(17-25(26)33(35,36)37)39-32(45-28)40-31(44)24(22-12-10-21(11-13-22)20-4-2-1-3-5-20)16-19-6-8-23(9-7-19)30(43)38-15-14-29(41)42/h9-18,22,24,29H,4-8,19-21H2,1-3H3,(H,37,42)(H,40,41)(H,38,39,43);7,9-18,22,29H,4-6,8,19-21H2,1-3H3,(H,37,42)(H,40,41)(H,38,39,43);4,6-13,17-18,24H,1-3,5,14-16H2,(H,38,43)(H,41,42)(H,39,40,44). The summed E-state index contributed by atoms with van der Waals surface area (Å²) in [7, 11) is 0. The predicted molar refractivity (Wildman–Crippen MR) is 525 cm³/mol. The molecule has 6 amide bonds. The second-order valence-electron chi connectivity index (χ2n) is 35.9. The van der Waals surface area contributed by atoms with E-state index in [1.54, 1.807) is 48.5 Å². The first-order valence-electron chi connectivity index (χ1n) is 45.0. The number of carbonyl (C=O) groups excluding carboxylic acids is 6. The van der Waals surface area contributed by atoms with Crippen LogP contribution in [0.3, 0.4) is 0 Å². The molecule has 133 heavy (non-hydrogen) atoms. The Kier molecular flexibility index (Phi) is 33.1. The van der Waals surface area contributed by atoms with Gasteiger partial charge in [-0.1, -0.05) is 244 Å². The van der Waals surface area contributed by atoms with Gasteiger partial charge in [0.1, 0.15) is 0 Å². The van der Waals surface area contributed by atoms with Gasteiger partial charge in [-0.25, -0.2) is 15.0 Å². The molecule has 0 spiro atoms. The van der Waals surface area contributed by atoms with Gasteiger partial charge in [-0.2, -0.15) is 13.2 Å². The molecule has 3 aromatic heterocycles. The number of nitrogens with zero attached hydrogens (tertiary/aromatic N) is 3. The second kappa shape index (κ2) is 44.9. The van der Waals surface area contributed by atoms with Gasteiger partial charge in [0.15, 0.2) is 15.4 Å². The molecule has 21 nitrogen and oxygen atoms in total. The Bertz CT molecular complexity index is 6250. The molecule has 3 unspecified atom stereocenters. The number of hydrogen-bond donors (Lipinski definition) is 9. The summed E-state index contributed by atoms with van der Waals surface area (Å²) >= 11 is 7.01. The molecule has 1 saturated carbocycles. The third-order valence-electron chi connectivity index (χ3n) is 24.1. The number of carboxylic acids is 3. The van der Waals surface area contributed by atoms with E-state index in [1.807, 2.05) is 60.7 Å². The van der Waals surface area contributed by atoms with E-state index < -0.39 is 53.3 Å². The van der Waals surface area contributed by atoms with E-state index >= 15 is 0 Å². The van der Waals surface area contributed by atoms with Gasteiger partial charge < -0.3 is 47.2 Å². The summed E-state index contributed by atoms with van der Waals surface area (Å²) in [6, 6.07) is 60.6. The predicted octanol–water partition coefficient (Wildman–Crippen LogP) is 23.7. The number of thiazole rings is 3. The number of aromatic nitrogens is 3. The molecule has 9 N–H and O–H groups in total.